The number of benzene rings is 1. The molecule has 8 nitrogen and oxygen atoms in total. The van der Waals surface area contributed by atoms with Crippen LogP contribution in [0.1, 0.15) is 23.5 Å². The van der Waals surface area contributed by atoms with Crippen LogP contribution in [0.2, 0.25) is 4.34 Å². The smallest absolute Gasteiger partial charge is 0.261 e. The Balaban J connectivity index is 1.66. The van der Waals surface area contributed by atoms with Crippen LogP contribution in [0, 0.1) is 5.82 Å². The van der Waals surface area contributed by atoms with Crippen molar-refractivity contribution in [3.63, 3.8) is 0 Å². The lowest BCUT2D eigenvalue weighted by Gasteiger charge is -2.27. The molecule has 0 radical (unpaired) electrons. The van der Waals surface area contributed by atoms with Crippen molar-refractivity contribution in [3.8, 4) is 0 Å². The van der Waals surface area contributed by atoms with Crippen LogP contribution in [0.3, 0.4) is 0 Å². The first kappa shape index (κ1) is 24.1. The molecule has 2 aromatic rings. The van der Waals surface area contributed by atoms with Crippen molar-refractivity contribution in [1.29, 1.82) is 0 Å². The van der Waals surface area contributed by atoms with Crippen molar-refractivity contribution >= 4 is 52.0 Å². The largest absolute Gasteiger partial charge is 0.370 e. The molecule has 1 aromatic carbocycles. The quantitative estimate of drug-likeness (QED) is 0.537. The van der Waals surface area contributed by atoms with E-state index in [0.29, 0.717) is 28.1 Å². The number of nitrogens with zero attached hydrogens (tertiary/aromatic N) is 1. The Labute approximate surface area is 194 Å². The number of halogens is 2. The van der Waals surface area contributed by atoms with E-state index >= 15 is 0 Å². The molecule has 0 spiro atoms. The van der Waals surface area contributed by atoms with Crippen molar-refractivity contribution in [2.75, 3.05) is 36.5 Å². The van der Waals surface area contributed by atoms with Gasteiger partial charge in [-0.05, 0) is 30.3 Å². The third-order valence-electron chi connectivity index (χ3n) is 4.62. The number of carbonyl (C=O) groups is 3. The summed E-state index contributed by atoms with van der Waals surface area (Å²) in [7, 11) is 0. The lowest BCUT2D eigenvalue weighted by Crippen LogP contribution is -2.50. The van der Waals surface area contributed by atoms with Gasteiger partial charge in [-0.3, -0.25) is 14.4 Å². The third-order valence-corrected chi connectivity index (χ3v) is 5.85. The Morgan fingerprint density at radius 3 is 2.69 bits per heavy atom. The summed E-state index contributed by atoms with van der Waals surface area (Å²) in [6.45, 7) is 4.37. The van der Waals surface area contributed by atoms with Gasteiger partial charge in [0.15, 0.2) is 0 Å². The number of carbonyl (C=O) groups excluding carboxylic acids is 3. The molecule has 0 unspecified atom stereocenters. The highest BCUT2D eigenvalue weighted by molar-refractivity contribution is 7.18. The van der Waals surface area contributed by atoms with Gasteiger partial charge in [0, 0.05) is 24.8 Å². The second kappa shape index (κ2) is 10.9. The highest BCUT2D eigenvalue weighted by atomic mass is 35.5. The molecule has 0 bridgehead atoms. The summed E-state index contributed by atoms with van der Waals surface area (Å²) in [5.41, 5.74) is 0.374. The SMILES string of the molecule is CC(C)N[C@@H](CNC(=O)c1ccc(Cl)s1)C(=O)Nc1ccc(N2CCOCC2=O)cc1F. The molecular formula is C21H24ClFN4O4S. The number of amides is 3. The van der Waals surface area contributed by atoms with E-state index in [4.69, 9.17) is 16.3 Å². The fourth-order valence-electron chi connectivity index (χ4n) is 3.13. The summed E-state index contributed by atoms with van der Waals surface area (Å²) < 4.78 is 20.2. The van der Waals surface area contributed by atoms with Gasteiger partial charge >= 0.3 is 0 Å². The minimum absolute atomic E-state index is 0.000345. The van der Waals surface area contributed by atoms with Crippen LogP contribution in [0.15, 0.2) is 30.3 Å². The zero-order chi connectivity index (χ0) is 23.3. The molecule has 3 rings (SSSR count). The molecule has 32 heavy (non-hydrogen) atoms. The van der Waals surface area contributed by atoms with Crippen LogP contribution in [0.5, 0.6) is 0 Å². The van der Waals surface area contributed by atoms with Gasteiger partial charge in [0.05, 0.1) is 21.5 Å². The van der Waals surface area contributed by atoms with Crippen LogP contribution < -0.4 is 20.9 Å². The van der Waals surface area contributed by atoms with Gasteiger partial charge in [-0.25, -0.2) is 4.39 Å². The fourth-order valence-corrected chi connectivity index (χ4v) is 4.09. The standard InChI is InChI=1S/C21H24ClFN4O4S/c1-12(2)25-16(10-24-21(30)17-5-6-18(22)32-17)20(29)26-15-4-3-13(9-14(15)23)27-7-8-31-11-19(27)28/h3-6,9,12,16,25H,7-8,10-11H2,1-2H3,(H,24,30)(H,26,29)/t16-/m0/s1. The van der Waals surface area contributed by atoms with E-state index in [-0.39, 0.29) is 36.7 Å². The summed E-state index contributed by atoms with van der Waals surface area (Å²) in [5.74, 6) is -1.78. The number of rotatable bonds is 8. The molecule has 1 atom stereocenters. The molecule has 2 heterocycles. The van der Waals surface area contributed by atoms with Crippen LogP contribution in [-0.4, -0.2) is 56.1 Å². The topological polar surface area (TPSA) is 99.8 Å². The predicted molar refractivity (Wildman–Crippen MR) is 122 cm³/mol. The minimum Gasteiger partial charge on any atom is -0.370 e. The highest BCUT2D eigenvalue weighted by Gasteiger charge is 2.24. The van der Waals surface area contributed by atoms with Crippen molar-refractivity contribution in [1.82, 2.24) is 10.6 Å². The predicted octanol–water partition coefficient (Wildman–Crippen LogP) is 2.64. The van der Waals surface area contributed by atoms with E-state index in [2.05, 4.69) is 16.0 Å². The number of hydrogen-bond donors (Lipinski definition) is 3. The molecule has 1 aliphatic rings. The number of thiophene rings is 1. The average Bonchev–Trinajstić information content (AvgIpc) is 3.19. The number of hydrogen-bond acceptors (Lipinski definition) is 6. The van der Waals surface area contributed by atoms with E-state index in [0.717, 1.165) is 11.3 Å². The monoisotopic (exact) mass is 482 g/mol. The zero-order valence-electron chi connectivity index (χ0n) is 17.6. The Morgan fingerprint density at radius 2 is 2.06 bits per heavy atom. The maximum atomic E-state index is 14.7. The molecule has 3 N–H and O–H groups in total. The molecule has 1 saturated heterocycles. The second-order valence-electron chi connectivity index (χ2n) is 7.44. The van der Waals surface area contributed by atoms with Crippen LogP contribution in [0.4, 0.5) is 15.8 Å². The molecule has 1 aliphatic heterocycles. The lowest BCUT2D eigenvalue weighted by atomic mass is 10.2. The van der Waals surface area contributed by atoms with E-state index in [9.17, 15) is 18.8 Å². The van der Waals surface area contributed by atoms with Crippen molar-refractivity contribution in [3.05, 3.63) is 45.4 Å². The van der Waals surface area contributed by atoms with Gasteiger partial charge in [0.2, 0.25) is 5.91 Å². The molecule has 3 amide bonds. The van der Waals surface area contributed by atoms with Crippen molar-refractivity contribution in [2.24, 2.45) is 0 Å². The molecule has 11 heteroatoms. The maximum absolute atomic E-state index is 14.7. The summed E-state index contributed by atoms with van der Waals surface area (Å²) >= 11 is 6.99. The van der Waals surface area contributed by atoms with E-state index < -0.39 is 17.8 Å². The Kier molecular flexibility index (Phi) is 8.19. The van der Waals surface area contributed by atoms with E-state index in [1.807, 2.05) is 13.8 Å². The summed E-state index contributed by atoms with van der Waals surface area (Å²) in [4.78, 5) is 38.9. The molecule has 1 fully saturated rings. The van der Waals surface area contributed by atoms with Crippen LogP contribution in [0.25, 0.3) is 0 Å². The first-order valence-electron chi connectivity index (χ1n) is 10.0. The van der Waals surface area contributed by atoms with Gasteiger partial charge < -0.3 is 25.6 Å². The molecule has 1 aromatic heterocycles. The summed E-state index contributed by atoms with van der Waals surface area (Å²) in [6, 6.07) is 6.54. The average molecular weight is 483 g/mol. The second-order valence-corrected chi connectivity index (χ2v) is 9.15. The van der Waals surface area contributed by atoms with E-state index in [1.165, 1.54) is 17.0 Å². The van der Waals surface area contributed by atoms with Crippen molar-refractivity contribution < 1.29 is 23.5 Å². The fraction of sp³-hybridized carbons (Fsp3) is 0.381. The van der Waals surface area contributed by atoms with Gasteiger partial charge in [-0.15, -0.1) is 11.3 Å². The van der Waals surface area contributed by atoms with Crippen molar-refractivity contribution in [2.45, 2.75) is 25.9 Å². The molecule has 0 saturated carbocycles. The summed E-state index contributed by atoms with van der Waals surface area (Å²) in [6.07, 6.45) is 0. The zero-order valence-corrected chi connectivity index (χ0v) is 19.2. The Hall–Kier alpha value is -2.53. The minimum atomic E-state index is -0.797. The highest BCUT2D eigenvalue weighted by Crippen LogP contribution is 2.24. The summed E-state index contributed by atoms with van der Waals surface area (Å²) in [5, 5.41) is 8.31. The normalized spacial score (nSPS) is 15.0. The van der Waals surface area contributed by atoms with E-state index in [1.54, 1.807) is 18.2 Å². The molecule has 172 valence electrons. The number of ether oxygens (including phenoxy) is 1. The first-order chi connectivity index (χ1) is 15.2. The third kappa shape index (κ3) is 6.26. The Morgan fingerprint density at radius 1 is 1.28 bits per heavy atom. The molecular weight excluding hydrogens is 459 g/mol. The van der Waals surface area contributed by atoms with Crippen LogP contribution >= 0.6 is 22.9 Å². The number of anilines is 2. The number of nitrogens with one attached hydrogen (secondary N) is 3. The first-order valence-corrected chi connectivity index (χ1v) is 11.2. The van der Waals surface area contributed by atoms with Crippen LogP contribution in [-0.2, 0) is 14.3 Å². The molecule has 0 aliphatic carbocycles. The van der Waals surface area contributed by atoms with Gasteiger partial charge in [-0.1, -0.05) is 25.4 Å². The Bertz CT molecular complexity index is 1000. The van der Waals surface area contributed by atoms with Gasteiger partial charge in [0.1, 0.15) is 18.5 Å². The van der Waals surface area contributed by atoms with Gasteiger partial charge in [-0.2, -0.15) is 0 Å². The van der Waals surface area contributed by atoms with Gasteiger partial charge in [0.25, 0.3) is 11.8 Å². The maximum Gasteiger partial charge on any atom is 0.261 e. The lowest BCUT2D eigenvalue weighted by molar-refractivity contribution is -0.125. The number of morpholine rings is 1.